The molecule has 0 saturated carbocycles. The highest BCUT2D eigenvalue weighted by Crippen LogP contribution is 2.34. The smallest absolute Gasteiger partial charge is 0.0483 e. The molecule has 0 fully saturated rings. The van der Waals surface area contributed by atoms with Crippen molar-refractivity contribution in [2.45, 2.75) is 32.6 Å². The summed E-state index contributed by atoms with van der Waals surface area (Å²) in [5.74, 6) is 0. The molecule has 0 aliphatic rings. The van der Waals surface area contributed by atoms with E-state index in [0.717, 1.165) is 6.42 Å². The number of hydrogen-bond acceptors (Lipinski definition) is 1. The zero-order valence-corrected chi connectivity index (χ0v) is 11.1. The normalized spacial score (nSPS) is 12.3. The first-order valence-corrected chi connectivity index (χ1v) is 6.13. The van der Waals surface area contributed by atoms with Gasteiger partial charge in [-0.3, -0.25) is 0 Å². The zero-order chi connectivity index (χ0) is 12.6. The molecule has 2 aromatic rings. The molecule has 1 aromatic heterocycles. The van der Waals surface area contributed by atoms with Gasteiger partial charge in [-0.15, -0.1) is 0 Å². The molecule has 0 amide bonds. The van der Waals surface area contributed by atoms with E-state index in [1.807, 2.05) is 0 Å². The van der Waals surface area contributed by atoms with Crippen molar-refractivity contribution in [3.63, 3.8) is 0 Å². The first kappa shape index (κ1) is 12.2. The number of benzene rings is 1. The van der Waals surface area contributed by atoms with Gasteiger partial charge in [0.1, 0.15) is 0 Å². The fourth-order valence-corrected chi connectivity index (χ4v) is 2.45. The number of fused-ring (bicyclic) bond motifs is 1. The molecule has 92 valence electrons. The van der Waals surface area contributed by atoms with Gasteiger partial charge >= 0.3 is 0 Å². The molecule has 1 N–H and O–H groups in total. The second-order valence-corrected chi connectivity index (χ2v) is 5.53. The van der Waals surface area contributed by atoms with Crippen LogP contribution < -0.4 is 0 Å². The molecule has 2 rings (SSSR count). The fraction of sp³-hybridized carbons (Fsp3) is 0.467. The minimum absolute atomic E-state index is 0.0174. The van der Waals surface area contributed by atoms with Crippen LogP contribution in [0, 0.1) is 6.92 Å². The maximum Gasteiger partial charge on any atom is 0.0483 e. The number of aliphatic hydroxyl groups excluding tert-OH is 1. The van der Waals surface area contributed by atoms with E-state index in [2.05, 4.69) is 56.8 Å². The van der Waals surface area contributed by atoms with Crippen LogP contribution in [-0.2, 0) is 12.5 Å². The Labute approximate surface area is 103 Å². The Hall–Kier alpha value is -1.28. The molecule has 0 atom stereocenters. The summed E-state index contributed by atoms with van der Waals surface area (Å²) in [6.07, 6.45) is 2.99. The first-order chi connectivity index (χ1) is 7.95. The van der Waals surface area contributed by atoms with Crippen molar-refractivity contribution < 1.29 is 5.11 Å². The lowest BCUT2D eigenvalue weighted by molar-refractivity contribution is 0.253. The van der Waals surface area contributed by atoms with E-state index in [1.165, 1.54) is 22.0 Å². The van der Waals surface area contributed by atoms with E-state index in [4.69, 9.17) is 0 Å². The number of aliphatic hydroxyl groups is 1. The molecule has 0 unspecified atom stereocenters. The summed E-state index contributed by atoms with van der Waals surface area (Å²) in [5.41, 5.74) is 3.89. The summed E-state index contributed by atoms with van der Waals surface area (Å²) in [6.45, 7) is 6.73. The van der Waals surface area contributed by atoms with Crippen LogP contribution in [0.3, 0.4) is 0 Å². The molecule has 2 heteroatoms. The second-order valence-electron chi connectivity index (χ2n) is 5.53. The minimum atomic E-state index is 0.0174. The molecule has 0 bridgehead atoms. The summed E-state index contributed by atoms with van der Waals surface area (Å²) in [7, 11) is 2.08. The lowest BCUT2D eigenvalue weighted by Gasteiger charge is -2.23. The minimum Gasteiger partial charge on any atom is -0.396 e. The van der Waals surface area contributed by atoms with Gasteiger partial charge in [-0.05, 0) is 36.0 Å². The third-order valence-corrected chi connectivity index (χ3v) is 3.61. The zero-order valence-electron chi connectivity index (χ0n) is 11.1. The van der Waals surface area contributed by atoms with E-state index in [9.17, 15) is 5.11 Å². The average molecular weight is 231 g/mol. The second kappa shape index (κ2) is 4.19. The predicted octanol–water partition coefficient (Wildman–Crippen LogP) is 3.15. The highest BCUT2D eigenvalue weighted by molar-refractivity contribution is 5.85. The molecule has 2 nitrogen and oxygen atoms in total. The fourth-order valence-electron chi connectivity index (χ4n) is 2.45. The molecule has 1 aromatic carbocycles. The molecular formula is C15H21NO. The molecule has 0 radical (unpaired) electrons. The van der Waals surface area contributed by atoms with Gasteiger partial charge in [-0.1, -0.05) is 26.0 Å². The largest absolute Gasteiger partial charge is 0.396 e. The Morgan fingerprint density at radius 1 is 1.29 bits per heavy atom. The molecule has 1 heterocycles. The van der Waals surface area contributed by atoms with Crippen molar-refractivity contribution in [3.8, 4) is 0 Å². The van der Waals surface area contributed by atoms with Gasteiger partial charge in [0.2, 0.25) is 0 Å². The van der Waals surface area contributed by atoms with Crippen molar-refractivity contribution in [3.05, 3.63) is 35.5 Å². The van der Waals surface area contributed by atoms with Crippen LogP contribution in [0.1, 0.15) is 31.4 Å². The summed E-state index contributed by atoms with van der Waals surface area (Å²) in [5, 5.41) is 10.5. The van der Waals surface area contributed by atoms with Crippen LogP contribution in [0.2, 0.25) is 0 Å². The standard InChI is InChI=1S/C15H21NO/c1-11-5-6-12-13(15(2,3)7-8-17)10-16(4)14(12)9-11/h5-6,9-10,17H,7-8H2,1-4H3. The molecular weight excluding hydrogens is 210 g/mol. The van der Waals surface area contributed by atoms with Gasteiger partial charge in [0, 0.05) is 30.8 Å². The number of nitrogens with zero attached hydrogens (tertiary/aromatic N) is 1. The summed E-state index contributed by atoms with van der Waals surface area (Å²) < 4.78 is 2.18. The SMILES string of the molecule is Cc1ccc2c(C(C)(C)CCO)cn(C)c2c1. The quantitative estimate of drug-likeness (QED) is 0.862. The lowest BCUT2D eigenvalue weighted by Crippen LogP contribution is -2.18. The monoisotopic (exact) mass is 231 g/mol. The Morgan fingerprint density at radius 3 is 2.65 bits per heavy atom. The van der Waals surface area contributed by atoms with Crippen LogP contribution in [0.5, 0.6) is 0 Å². The van der Waals surface area contributed by atoms with Crippen molar-refractivity contribution in [2.75, 3.05) is 6.61 Å². The van der Waals surface area contributed by atoms with Crippen molar-refractivity contribution in [1.82, 2.24) is 4.57 Å². The van der Waals surface area contributed by atoms with Crippen molar-refractivity contribution >= 4 is 10.9 Å². The van der Waals surface area contributed by atoms with Crippen molar-refractivity contribution in [2.24, 2.45) is 7.05 Å². The van der Waals surface area contributed by atoms with Gasteiger partial charge in [-0.25, -0.2) is 0 Å². The number of hydrogen-bond donors (Lipinski definition) is 1. The van der Waals surface area contributed by atoms with E-state index in [1.54, 1.807) is 0 Å². The van der Waals surface area contributed by atoms with Crippen LogP contribution >= 0.6 is 0 Å². The van der Waals surface area contributed by atoms with Gasteiger partial charge < -0.3 is 9.67 Å². The Kier molecular flexibility index (Phi) is 3.00. The predicted molar refractivity (Wildman–Crippen MR) is 72.4 cm³/mol. The van der Waals surface area contributed by atoms with Crippen molar-refractivity contribution in [1.29, 1.82) is 0 Å². The van der Waals surface area contributed by atoms with E-state index in [0.29, 0.717) is 0 Å². The Morgan fingerprint density at radius 2 is 2.00 bits per heavy atom. The first-order valence-electron chi connectivity index (χ1n) is 6.13. The Bertz CT molecular complexity index is 537. The maximum absolute atomic E-state index is 9.18. The number of aromatic nitrogens is 1. The number of aryl methyl sites for hydroxylation is 2. The van der Waals surface area contributed by atoms with Gasteiger partial charge in [0.25, 0.3) is 0 Å². The summed E-state index contributed by atoms with van der Waals surface area (Å²) in [6, 6.07) is 6.56. The van der Waals surface area contributed by atoms with Crippen LogP contribution in [0.25, 0.3) is 10.9 Å². The van der Waals surface area contributed by atoms with Crippen LogP contribution in [0.15, 0.2) is 24.4 Å². The van der Waals surface area contributed by atoms with Gasteiger partial charge in [-0.2, -0.15) is 0 Å². The Balaban J connectivity index is 2.63. The molecule has 0 saturated heterocycles. The molecule has 0 aliphatic heterocycles. The van der Waals surface area contributed by atoms with E-state index in [-0.39, 0.29) is 12.0 Å². The topological polar surface area (TPSA) is 25.2 Å². The van der Waals surface area contributed by atoms with Crippen LogP contribution in [0.4, 0.5) is 0 Å². The summed E-state index contributed by atoms with van der Waals surface area (Å²) >= 11 is 0. The van der Waals surface area contributed by atoms with E-state index < -0.39 is 0 Å². The highest BCUT2D eigenvalue weighted by Gasteiger charge is 2.24. The molecule has 17 heavy (non-hydrogen) atoms. The highest BCUT2D eigenvalue weighted by atomic mass is 16.3. The maximum atomic E-state index is 9.18. The van der Waals surface area contributed by atoms with Gasteiger partial charge in [0.15, 0.2) is 0 Å². The van der Waals surface area contributed by atoms with Crippen LogP contribution in [-0.4, -0.2) is 16.3 Å². The molecule has 0 aliphatic carbocycles. The lowest BCUT2D eigenvalue weighted by atomic mass is 9.81. The molecule has 0 spiro atoms. The van der Waals surface area contributed by atoms with E-state index >= 15 is 0 Å². The number of rotatable bonds is 3. The third-order valence-electron chi connectivity index (χ3n) is 3.61. The van der Waals surface area contributed by atoms with Gasteiger partial charge in [0.05, 0.1) is 0 Å². The average Bonchev–Trinajstić information content (AvgIpc) is 2.57. The summed E-state index contributed by atoms with van der Waals surface area (Å²) in [4.78, 5) is 0. The third kappa shape index (κ3) is 2.09.